The molecule has 0 aliphatic heterocycles. The van der Waals surface area contributed by atoms with Gasteiger partial charge in [0.1, 0.15) is 5.69 Å². The maximum Gasteiger partial charge on any atom is 0.171 e. The molecule has 0 bridgehead atoms. The summed E-state index contributed by atoms with van der Waals surface area (Å²) in [6, 6.07) is 21.5. The predicted octanol–water partition coefficient (Wildman–Crippen LogP) is 4.48. The highest BCUT2D eigenvalue weighted by molar-refractivity contribution is 6.31. The number of nitrogens with two attached hydrogens (primary N) is 1. The van der Waals surface area contributed by atoms with Crippen molar-refractivity contribution in [3.8, 4) is 0 Å². The Labute approximate surface area is 167 Å². The van der Waals surface area contributed by atoms with Gasteiger partial charge in [0, 0.05) is 40.4 Å². The summed E-state index contributed by atoms with van der Waals surface area (Å²) in [4.78, 5) is 4.17. The molecule has 5 nitrogen and oxygen atoms in total. The second-order valence-electron chi connectivity index (χ2n) is 6.27. The van der Waals surface area contributed by atoms with Gasteiger partial charge < -0.3 is 10.3 Å². The first-order chi connectivity index (χ1) is 13.7. The molecule has 2 N–H and O–H groups in total. The molecule has 0 aliphatic rings. The SMILES string of the molecule is N/C(=N\N=C/c1cn(Cc2ccccc2Cl)c2ccccc12)c1ccccn1. The van der Waals surface area contributed by atoms with E-state index in [1.807, 2.05) is 54.7 Å². The van der Waals surface area contributed by atoms with Gasteiger partial charge in [-0.05, 0) is 29.8 Å². The minimum atomic E-state index is 0.275. The molecule has 6 heteroatoms. The van der Waals surface area contributed by atoms with E-state index in [4.69, 9.17) is 17.3 Å². The normalized spacial score (nSPS) is 12.1. The maximum atomic E-state index is 6.33. The van der Waals surface area contributed by atoms with Crippen LogP contribution in [0, 0.1) is 0 Å². The Balaban J connectivity index is 1.66. The molecule has 0 atom stereocenters. The largest absolute Gasteiger partial charge is 0.380 e. The van der Waals surface area contributed by atoms with Gasteiger partial charge in [0.25, 0.3) is 0 Å². The van der Waals surface area contributed by atoms with Crippen molar-refractivity contribution in [3.05, 3.63) is 101 Å². The number of hydrogen-bond donors (Lipinski definition) is 1. The molecule has 0 amide bonds. The average molecular weight is 388 g/mol. The van der Waals surface area contributed by atoms with E-state index in [9.17, 15) is 0 Å². The quantitative estimate of drug-likeness (QED) is 0.311. The Morgan fingerprint density at radius 3 is 2.64 bits per heavy atom. The Kier molecular flexibility index (Phi) is 5.17. The average Bonchev–Trinajstić information content (AvgIpc) is 3.08. The van der Waals surface area contributed by atoms with Crippen molar-refractivity contribution in [3.63, 3.8) is 0 Å². The molecule has 0 saturated heterocycles. The van der Waals surface area contributed by atoms with Crippen LogP contribution < -0.4 is 5.73 Å². The van der Waals surface area contributed by atoms with Gasteiger partial charge in [-0.25, -0.2) is 0 Å². The van der Waals surface area contributed by atoms with Crippen molar-refractivity contribution in [2.75, 3.05) is 0 Å². The van der Waals surface area contributed by atoms with Gasteiger partial charge in [-0.15, -0.1) is 5.10 Å². The summed E-state index contributed by atoms with van der Waals surface area (Å²) < 4.78 is 2.16. The summed E-state index contributed by atoms with van der Waals surface area (Å²) in [6.07, 6.45) is 5.43. The van der Waals surface area contributed by atoms with Crippen LogP contribution in [0.25, 0.3) is 10.9 Å². The van der Waals surface area contributed by atoms with Crippen molar-refractivity contribution in [1.29, 1.82) is 0 Å². The zero-order chi connectivity index (χ0) is 19.3. The van der Waals surface area contributed by atoms with Crippen LogP contribution in [0.3, 0.4) is 0 Å². The smallest absolute Gasteiger partial charge is 0.171 e. The van der Waals surface area contributed by atoms with Crippen LogP contribution in [-0.4, -0.2) is 21.6 Å². The molecule has 2 aromatic heterocycles. The fraction of sp³-hybridized carbons (Fsp3) is 0.0455. The highest BCUT2D eigenvalue weighted by Crippen LogP contribution is 2.23. The molecule has 138 valence electrons. The van der Waals surface area contributed by atoms with Gasteiger partial charge in [0.05, 0.1) is 6.21 Å². The number of fused-ring (bicyclic) bond motifs is 1. The number of amidine groups is 1. The van der Waals surface area contributed by atoms with Crippen LogP contribution in [0.1, 0.15) is 16.8 Å². The molecular weight excluding hydrogens is 370 g/mol. The lowest BCUT2D eigenvalue weighted by atomic mass is 10.2. The van der Waals surface area contributed by atoms with Crippen LogP contribution in [0.15, 0.2) is 89.3 Å². The topological polar surface area (TPSA) is 68.6 Å². The molecular formula is C22H18ClN5. The number of pyridine rings is 1. The van der Waals surface area contributed by atoms with Gasteiger partial charge in [0.15, 0.2) is 5.84 Å². The summed E-state index contributed by atoms with van der Waals surface area (Å²) in [5.74, 6) is 0.275. The minimum absolute atomic E-state index is 0.275. The summed E-state index contributed by atoms with van der Waals surface area (Å²) in [5, 5.41) is 10.1. The van der Waals surface area contributed by atoms with Crippen LogP contribution in [0.4, 0.5) is 0 Å². The van der Waals surface area contributed by atoms with Crippen molar-refractivity contribution in [2.24, 2.45) is 15.9 Å². The monoisotopic (exact) mass is 387 g/mol. The number of para-hydroxylation sites is 1. The van der Waals surface area contributed by atoms with Crippen molar-refractivity contribution >= 4 is 34.6 Å². The number of rotatable bonds is 5. The fourth-order valence-electron chi connectivity index (χ4n) is 3.04. The lowest BCUT2D eigenvalue weighted by molar-refractivity contribution is 0.836. The third-order valence-electron chi connectivity index (χ3n) is 4.41. The van der Waals surface area contributed by atoms with E-state index >= 15 is 0 Å². The highest BCUT2D eigenvalue weighted by atomic mass is 35.5. The zero-order valence-electron chi connectivity index (χ0n) is 15.0. The molecule has 4 rings (SSSR count). The summed E-state index contributed by atoms with van der Waals surface area (Å²) >= 11 is 6.33. The van der Waals surface area contributed by atoms with Crippen molar-refractivity contribution < 1.29 is 0 Å². The number of halogens is 1. The molecule has 2 aromatic carbocycles. The van der Waals surface area contributed by atoms with Crippen LogP contribution in [-0.2, 0) is 6.54 Å². The van der Waals surface area contributed by atoms with Crippen LogP contribution in [0.2, 0.25) is 5.02 Å². The second kappa shape index (κ2) is 8.06. The number of aromatic nitrogens is 2. The summed E-state index contributed by atoms with van der Waals surface area (Å²) in [7, 11) is 0. The summed E-state index contributed by atoms with van der Waals surface area (Å²) in [6.45, 7) is 0.674. The molecule has 28 heavy (non-hydrogen) atoms. The van der Waals surface area contributed by atoms with E-state index in [1.165, 1.54) is 0 Å². The van der Waals surface area contributed by atoms with Crippen molar-refractivity contribution in [1.82, 2.24) is 9.55 Å². The number of hydrogen-bond acceptors (Lipinski definition) is 3. The molecule has 0 saturated carbocycles. The predicted molar refractivity (Wildman–Crippen MR) is 115 cm³/mol. The van der Waals surface area contributed by atoms with E-state index in [2.05, 4.69) is 31.9 Å². The molecule has 0 radical (unpaired) electrons. The standard InChI is InChI=1S/C22H18ClN5/c23-19-9-3-1-7-16(19)14-28-15-17(18-8-2-4-11-21(18)28)13-26-27-22(24)20-10-5-6-12-25-20/h1-13,15H,14H2,(H2,24,27)/b26-13-. The Morgan fingerprint density at radius 2 is 1.82 bits per heavy atom. The molecule has 0 aliphatic carbocycles. The zero-order valence-corrected chi connectivity index (χ0v) is 15.8. The van der Waals surface area contributed by atoms with Gasteiger partial charge in [-0.3, -0.25) is 4.98 Å². The van der Waals surface area contributed by atoms with E-state index in [1.54, 1.807) is 18.5 Å². The van der Waals surface area contributed by atoms with E-state index in [0.717, 1.165) is 27.1 Å². The van der Waals surface area contributed by atoms with Crippen LogP contribution in [0.5, 0.6) is 0 Å². The third kappa shape index (κ3) is 3.80. The minimum Gasteiger partial charge on any atom is -0.380 e. The Hall–Kier alpha value is -3.44. The molecule has 0 spiro atoms. The maximum absolute atomic E-state index is 6.33. The fourth-order valence-corrected chi connectivity index (χ4v) is 3.23. The Bertz CT molecular complexity index is 1160. The second-order valence-corrected chi connectivity index (χ2v) is 6.67. The molecule has 4 aromatic rings. The highest BCUT2D eigenvalue weighted by Gasteiger charge is 2.08. The van der Waals surface area contributed by atoms with E-state index in [0.29, 0.717) is 12.2 Å². The van der Waals surface area contributed by atoms with Gasteiger partial charge in [0.2, 0.25) is 0 Å². The lowest BCUT2D eigenvalue weighted by Crippen LogP contribution is -2.14. The first kappa shape index (κ1) is 17.9. The first-order valence-corrected chi connectivity index (χ1v) is 9.19. The number of nitrogens with zero attached hydrogens (tertiary/aromatic N) is 4. The van der Waals surface area contributed by atoms with Gasteiger partial charge >= 0.3 is 0 Å². The Morgan fingerprint density at radius 1 is 1.04 bits per heavy atom. The van der Waals surface area contributed by atoms with E-state index in [-0.39, 0.29) is 5.84 Å². The lowest BCUT2D eigenvalue weighted by Gasteiger charge is -2.07. The van der Waals surface area contributed by atoms with Gasteiger partial charge in [-0.2, -0.15) is 5.10 Å². The van der Waals surface area contributed by atoms with Gasteiger partial charge in [-0.1, -0.05) is 54.1 Å². The van der Waals surface area contributed by atoms with E-state index < -0.39 is 0 Å². The van der Waals surface area contributed by atoms with Crippen molar-refractivity contribution in [2.45, 2.75) is 6.54 Å². The molecule has 0 fully saturated rings. The van der Waals surface area contributed by atoms with Crippen LogP contribution >= 0.6 is 11.6 Å². The first-order valence-electron chi connectivity index (χ1n) is 8.81. The molecule has 2 heterocycles. The summed E-state index contributed by atoms with van der Waals surface area (Å²) in [5.41, 5.74) is 9.67. The molecule has 0 unspecified atom stereocenters. The third-order valence-corrected chi connectivity index (χ3v) is 4.78. The number of benzene rings is 2.